The van der Waals surface area contributed by atoms with E-state index in [1.54, 1.807) is 19.3 Å². The maximum atomic E-state index is 11.0. The third kappa shape index (κ3) is 1.91. The molecule has 4 heteroatoms. The highest BCUT2D eigenvalue weighted by Gasteiger charge is 2.08. The number of hydrogen-bond donors (Lipinski definition) is 1. The number of amides is 1. The van der Waals surface area contributed by atoms with E-state index in [1.165, 1.54) is 0 Å². The van der Waals surface area contributed by atoms with Gasteiger partial charge in [-0.25, -0.2) is 0 Å². The van der Waals surface area contributed by atoms with Crippen LogP contribution in [0.5, 0.6) is 0 Å². The van der Waals surface area contributed by atoms with Crippen molar-refractivity contribution in [2.45, 2.75) is 6.92 Å². The van der Waals surface area contributed by atoms with E-state index in [1.807, 2.05) is 24.3 Å². The first-order valence-corrected chi connectivity index (χ1v) is 4.86. The molecule has 0 radical (unpaired) electrons. The van der Waals surface area contributed by atoms with Gasteiger partial charge in [-0.1, -0.05) is 6.07 Å². The van der Waals surface area contributed by atoms with Crippen molar-refractivity contribution < 1.29 is 4.79 Å². The molecule has 4 nitrogen and oxygen atoms in total. The average Bonchev–Trinajstić information content (AvgIpc) is 2.29. The molecular weight excluding hydrogens is 202 g/mol. The van der Waals surface area contributed by atoms with Gasteiger partial charge in [-0.05, 0) is 30.7 Å². The lowest BCUT2D eigenvalue weighted by atomic mass is 10.1. The van der Waals surface area contributed by atoms with Gasteiger partial charge in [-0.2, -0.15) is 0 Å². The summed E-state index contributed by atoms with van der Waals surface area (Å²) in [7, 11) is 0. The molecule has 0 aromatic carbocycles. The van der Waals surface area contributed by atoms with E-state index in [-0.39, 0.29) is 0 Å². The lowest BCUT2D eigenvalue weighted by Gasteiger charge is -2.04. The second-order valence-electron chi connectivity index (χ2n) is 3.47. The maximum absolute atomic E-state index is 11.0. The zero-order valence-corrected chi connectivity index (χ0v) is 8.84. The Morgan fingerprint density at radius 3 is 2.69 bits per heavy atom. The first-order chi connectivity index (χ1) is 7.68. The predicted octanol–water partition coefficient (Wildman–Crippen LogP) is 1.55. The molecule has 2 aromatic heterocycles. The van der Waals surface area contributed by atoms with Crippen LogP contribution in [0, 0.1) is 6.92 Å². The fourth-order valence-corrected chi connectivity index (χ4v) is 1.51. The maximum Gasteiger partial charge on any atom is 0.267 e. The summed E-state index contributed by atoms with van der Waals surface area (Å²) in [6.45, 7) is 1.81. The normalized spacial score (nSPS) is 10.1. The molecule has 2 heterocycles. The first kappa shape index (κ1) is 10.3. The van der Waals surface area contributed by atoms with Crippen molar-refractivity contribution in [2.24, 2.45) is 5.73 Å². The van der Waals surface area contributed by atoms with E-state index < -0.39 is 5.91 Å². The van der Waals surface area contributed by atoms with E-state index in [4.69, 9.17) is 5.73 Å². The van der Waals surface area contributed by atoms with Gasteiger partial charge in [0.1, 0.15) is 5.69 Å². The third-order valence-electron chi connectivity index (χ3n) is 2.27. The Hall–Kier alpha value is -2.23. The van der Waals surface area contributed by atoms with Crippen molar-refractivity contribution in [3.8, 4) is 11.3 Å². The van der Waals surface area contributed by atoms with Gasteiger partial charge < -0.3 is 5.73 Å². The second-order valence-corrected chi connectivity index (χ2v) is 3.47. The zero-order chi connectivity index (χ0) is 11.5. The predicted molar refractivity (Wildman–Crippen MR) is 60.7 cm³/mol. The Bertz CT molecular complexity index is 523. The molecule has 0 unspecified atom stereocenters. The molecule has 0 saturated carbocycles. The molecule has 80 valence electrons. The van der Waals surface area contributed by atoms with Crippen LogP contribution in [0.1, 0.15) is 16.1 Å². The Morgan fingerprint density at radius 1 is 1.31 bits per heavy atom. The minimum atomic E-state index is -0.509. The van der Waals surface area contributed by atoms with Gasteiger partial charge in [0.2, 0.25) is 0 Å². The summed E-state index contributed by atoms with van der Waals surface area (Å²) >= 11 is 0. The number of nitrogens with two attached hydrogens (primary N) is 1. The van der Waals surface area contributed by atoms with Crippen LogP contribution in [0.3, 0.4) is 0 Å². The minimum absolute atomic E-state index is 0.305. The molecule has 16 heavy (non-hydrogen) atoms. The standard InChI is InChI=1S/C12H11N3O/c1-8-6-9(7-15-11(8)12(13)16)10-4-2-3-5-14-10/h2-7H,1H3,(H2,13,16). The lowest BCUT2D eigenvalue weighted by Crippen LogP contribution is -2.14. The van der Waals surface area contributed by atoms with Crippen LogP contribution in [0.4, 0.5) is 0 Å². The van der Waals surface area contributed by atoms with Gasteiger partial charge in [0.15, 0.2) is 0 Å². The van der Waals surface area contributed by atoms with Crippen LogP contribution >= 0.6 is 0 Å². The molecule has 0 bridgehead atoms. The summed E-state index contributed by atoms with van der Waals surface area (Å²) in [6, 6.07) is 7.50. The number of carbonyl (C=O) groups is 1. The smallest absolute Gasteiger partial charge is 0.267 e. The van der Waals surface area contributed by atoms with Crippen molar-refractivity contribution in [1.29, 1.82) is 0 Å². The summed E-state index contributed by atoms with van der Waals surface area (Å²) in [5.41, 5.74) is 7.96. The second kappa shape index (κ2) is 4.10. The van der Waals surface area contributed by atoms with Gasteiger partial charge in [0.05, 0.1) is 5.69 Å². The number of nitrogens with zero attached hydrogens (tertiary/aromatic N) is 2. The van der Waals surface area contributed by atoms with Crippen molar-refractivity contribution in [3.63, 3.8) is 0 Å². The van der Waals surface area contributed by atoms with E-state index in [2.05, 4.69) is 9.97 Å². The zero-order valence-electron chi connectivity index (χ0n) is 8.84. The van der Waals surface area contributed by atoms with Crippen molar-refractivity contribution in [1.82, 2.24) is 9.97 Å². The lowest BCUT2D eigenvalue weighted by molar-refractivity contribution is 0.0995. The SMILES string of the molecule is Cc1cc(-c2ccccn2)cnc1C(N)=O. The summed E-state index contributed by atoms with van der Waals surface area (Å²) < 4.78 is 0. The van der Waals surface area contributed by atoms with Crippen LogP contribution in [-0.2, 0) is 0 Å². The summed E-state index contributed by atoms with van der Waals surface area (Å²) in [5, 5.41) is 0. The Kier molecular flexibility index (Phi) is 2.64. The van der Waals surface area contributed by atoms with E-state index in [9.17, 15) is 4.79 Å². The number of carbonyl (C=O) groups excluding carboxylic acids is 1. The highest BCUT2D eigenvalue weighted by Crippen LogP contribution is 2.17. The van der Waals surface area contributed by atoms with Crippen LogP contribution in [0.25, 0.3) is 11.3 Å². The highest BCUT2D eigenvalue weighted by molar-refractivity contribution is 5.92. The summed E-state index contributed by atoms with van der Waals surface area (Å²) in [6.07, 6.45) is 3.32. The number of aromatic nitrogens is 2. The van der Waals surface area contributed by atoms with Crippen molar-refractivity contribution >= 4 is 5.91 Å². The van der Waals surface area contributed by atoms with E-state index in [0.29, 0.717) is 5.69 Å². The Morgan fingerprint density at radius 2 is 2.12 bits per heavy atom. The van der Waals surface area contributed by atoms with Crippen LogP contribution < -0.4 is 5.73 Å². The average molecular weight is 213 g/mol. The Balaban J connectivity index is 2.46. The topological polar surface area (TPSA) is 68.9 Å². The van der Waals surface area contributed by atoms with Crippen LogP contribution in [0.2, 0.25) is 0 Å². The number of primary amides is 1. The first-order valence-electron chi connectivity index (χ1n) is 4.86. The number of rotatable bonds is 2. The molecule has 0 aliphatic carbocycles. The highest BCUT2D eigenvalue weighted by atomic mass is 16.1. The van der Waals surface area contributed by atoms with Crippen molar-refractivity contribution in [2.75, 3.05) is 0 Å². The number of pyridine rings is 2. The van der Waals surface area contributed by atoms with Gasteiger partial charge in [0.25, 0.3) is 5.91 Å². The summed E-state index contributed by atoms with van der Waals surface area (Å²) in [4.78, 5) is 19.3. The van der Waals surface area contributed by atoms with Gasteiger partial charge in [-0.15, -0.1) is 0 Å². The van der Waals surface area contributed by atoms with Crippen LogP contribution in [-0.4, -0.2) is 15.9 Å². The van der Waals surface area contributed by atoms with E-state index >= 15 is 0 Å². The number of aryl methyl sites for hydroxylation is 1. The molecule has 0 aliphatic heterocycles. The minimum Gasteiger partial charge on any atom is -0.364 e. The molecule has 0 saturated heterocycles. The number of hydrogen-bond acceptors (Lipinski definition) is 3. The molecule has 0 atom stereocenters. The third-order valence-corrected chi connectivity index (χ3v) is 2.27. The molecule has 2 aromatic rings. The largest absolute Gasteiger partial charge is 0.364 e. The van der Waals surface area contributed by atoms with Gasteiger partial charge >= 0.3 is 0 Å². The van der Waals surface area contributed by atoms with Gasteiger partial charge in [0, 0.05) is 18.0 Å². The molecule has 0 fully saturated rings. The fraction of sp³-hybridized carbons (Fsp3) is 0.0833. The monoisotopic (exact) mass is 213 g/mol. The fourth-order valence-electron chi connectivity index (χ4n) is 1.51. The molecule has 0 spiro atoms. The molecule has 2 N–H and O–H groups in total. The molecule has 2 rings (SSSR count). The quantitative estimate of drug-likeness (QED) is 0.822. The van der Waals surface area contributed by atoms with Gasteiger partial charge in [-0.3, -0.25) is 14.8 Å². The molecule has 0 aliphatic rings. The molecular formula is C12H11N3O. The Labute approximate surface area is 93.2 Å². The summed E-state index contributed by atoms with van der Waals surface area (Å²) in [5.74, 6) is -0.509. The molecule has 1 amide bonds. The van der Waals surface area contributed by atoms with Crippen molar-refractivity contribution in [3.05, 3.63) is 47.9 Å². The van der Waals surface area contributed by atoms with E-state index in [0.717, 1.165) is 16.8 Å². The van der Waals surface area contributed by atoms with Crippen LogP contribution in [0.15, 0.2) is 36.7 Å².